The molecule has 0 aliphatic carbocycles. The van der Waals surface area contributed by atoms with E-state index in [4.69, 9.17) is 0 Å². The molecule has 0 aliphatic heterocycles. The SMILES string of the molecule is Cn1ncc2ccc(NC(=O)C(C)(C)C)cc21. The lowest BCUT2D eigenvalue weighted by Gasteiger charge is -2.17. The summed E-state index contributed by atoms with van der Waals surface area (Å²) in [5.41, 5.74) is 1.43. The van der Waals surface area contributed by atoms with Crippen LogP contribution in [0.5, 0.6) is 0 Å². The molecular formula is C13H17N3O. The highest BCUT2D eigenvalue weighted by Gasteiger charge is 2.21. The summed E-state index contributed by atoms with van der Waals surface area (Å²) in [6.45, 7) is 5.68. The van der Waals surface area contributed by atoms with E-state index in [1.54, 1.807) is 4.68 Å². The van der Waals surface area contributed by atoms with E-state index in [0.29, 0.717) is 0 Å². The van der Waals surface area contributed by atoms with E-state index in [9.17, 15) is 4.79 Å². The lowest BCUT2D eigenvalue weighted by Crippen LogP contribution is -2.27. The van der Waals surface area contributed by atoms with Gasteiger partial charge in [-0.05, 0) is 18.2 Å². The van der Waals surface area contributed by atoms with Gasteiger partial charge in [-0.2, -0.15) is 5.10 Å². The summed E-state index contributed by atoms with van der Waals surface area (Å²) >= 11 is 0. The predicted molar refractivity (Wildman–Crippen MR) is 68.8 cm³/mol. The van der Waals surface area contributed by atoms with Crippen LogP contribution >= 0.6 is 0 Å². The van der Waals surface area contributed by atoms with Gasteiger partial charge < -0.3 is 5.32 Å². The maximum absolute atomic E-state index is 11.9. The Morgan fingerprint density at radius 3 is 2.71 bits per heavy atom. The summed E-state index contributed by atoms with van der Waals surface area (Å²) in [7, 11) is 1.89. The summed E-state index contributed by atoms with van der Waals surface area (Å²) in [5.74, 6) is 0.0130. The Balaban J connectivity index is 2.31. The highest BCUT2D eigenvalue weighted by atomic mass is 16.2. The fraction of sp³-hybridized carbons (Fsp3) is 0.385. The molecule has 2 aromatic rings. The second kappa shape index (κ2) is 3.87. The number of carbonyl (C=O) groups is 1. The van der Waals surface area contributed by atoms with Crippen LogP contribution in [0.15, 0.2) is 24.4 Å². The van der Waals surface area contributed by atoms with Gasteiger partial charge in [-0.15, -0.1) is 0 Å². The van der Waals surface area contributed by atoms with E-state index in [-0.39, 0.29) is 11.3 Å². The first kappa shape index (κ1) is 11.6. The molecule has 0 saturated carbocycles. The molecule has 0 radical (unpaired) electrons. The van der Waals surface area contributed by atoms with Gasteiger partial charge in [0, 0.05) is 23.5 Å². The average Bonchev–Trinajstić information content (AvgIpc) is 2.59. The van der Waals surface area contributed by atoms with E-state index < -0.39 is 0 Å². The third kappa shape index (κ3) is 2.30. The van der Waals surface area contributed by atoms with Crippen molar-refractivity contribution < 1.29 is 4.79 Å². The number of hydrogen-bond donors (Lipinski definition) is 1. The van der Waals surface area contributed by atoms with Gasteiger partial charge in [-0.1, -0.05) is 20.8 Å². The number of fused-ring (bicyclic) bond motifs is 1. The summed E-state index contributed by atoms with van der Waals surface area (Å²) in [5, 5.41) is 8.15. The van der Waals surface area contributed by atoms with Crippen molar-refractivity contribution in [2.24, 2.45) is 12.5 Å². The molecular weight excluding hydrogens is 214 g/mol. The summed E-state index contributed by atoms with van der Waals surface area (Å²) in [6.07, 6.45) is 1.81. The van der Waals surface area contributed by atoms with Crippen LogP contribution in [0, 0.1) is 5.41 Å². The standard InChI is InChI=1S/C13H17N3O/c1-13(2,3)12(17)15-10-6-5-9-8-14-16(4)11(9)7-10/h5-8H,1-4H3,(H,15,17). The fourth-order valence-corrected chi connectivity index (χ4v) is 1.54. The molecule has 4 nitrogen and oxygen atoms in total. The summed E-state index contributed by atoms with van der Waals surface area (Å²) in [4.78, 5) is 11.9. The molecule has 90 valence electrons. The van der Waals surface area contributed by atoms with Crippen LogP contribution in [-0.4, -0.2) is 15.7 Å². The normalized spacial score (nSPS) is 11.8. The topological polar surface area (TPSA) is 46.9 Å². The van der Waals surface area contributed by atoms with Crippen LogP contribution in [0.4, 0.5) is 5.69 Å². The smallest absolute Gasteiger partial charge is 0.229 e. The predicted octanol–water partition coefficient (Wildman–Crippen LogP) is 2.56. The van der Waals surface area contributed by atoms with Gasteiger partial charge in [0.15, 0.2) is 0 Å². The molecule has 1 aromatic carbocycles. The minimum absolute atomic E-state index is 0.0130. The molecule has 4 heteroatoms. The molecule has 17 heavy (non-hydrogen) atoms. The first-order valence-corrected chi connectivity index (χ1v) is 5.61. The van der Waals surface area contributed by atoms with Crippen molar-refractivity contribution in [1.82, 2.24) is 9.78 Å². The molecule has 0 bridgehead atoms. The number of benzene rings is 1. The molecule has 1 aromatic heterocycles. The Labute approximate surface area is 101 Å². The largest absolute Gasteiger partial charge is 0.326 e. The number of rotatable bonds is 1. The van der Waals surface area contributed by atoms with Gasteiger partial charge in [0.1, 0.15) is 0 Å². The van der Waals surface area contributed by atoms with E-state index in [1.165, 1.54) is 0 Å². The van der Waals surface area contributed by atoms with Gasteiger partial charge in [-0.3, -0.25) is 9.48 Å². The van der Waals surface area contributed by atoms with Crippen molar-refractivity contribution in [2.45, 2.75) is 20.8 Å². The van der Waals surface area contributed by atoms with E-state index in [1.807, 2.05) is 52.2 Å². The van der Waals surface area contributed by atoms with Crippen molar-refractivity contribution in [3.8, 4) is 0 Å². The number of amides is 1. The molecule has 1 N–H and O–H groups in total. The molecule has 0 saturated heterocycles. The van der Waals surface area contributed by atoms with Crippen molar-refractivity contribution in [3.05, 3.63) is 24.4 Å². The number of aryl methyl sites for hydroxylation is 1. The van der Waals surface area contributed by atoms with E-state index >= 15 is 0 Å². The lowest BCUT2D eigenvalue weighted by atomic mass is 9.95. The third-order valence-electron chi connectivity index (χ3n) is 2.69. The zero-order valence-corrected chi connectivity index (χ0v) is 10.6. The maximum atomic E-state index is 11.9. The van der Waals surface area contributed by atoms with E-state index in [0.717, 1.165) is 16.6 Å². The second-order valence-electron chi connectivity index (χ2n) is 5.25. The number of nitrogens with one attached hydrogen (secondary N) is 1. The molecule has 0 fully saturated rings. The number of anilines is 1. The first-order chi connectivity index (χ1) is 7.88. The molecule has 1 heterocycles. The van der Waals surface area contributed by atoms with Crippen molar-refractivity contribution >= 4 is 22.5 Å². The van der Waals surface area contributed by atoms with Gasteiger partial charge in [-0.25, -0.2) is 0 Å². The van der Waals surface area contributed by atoms with Crippen LogP contribution < -0.4 is 5.32 Å². The minimum atomic E-state index is -0.387. The monoisotopic (exact) mass is 231 g/mol. The van der Waals surface area contributed by atoms with Crippen LogP contribution in [0.25, 0.3) is 10.9 Å². The Morgan fingerprint density at radius 1 is 1.35 bits per heavy atom. The maximum Gasteiger partial charge on any atom is 0.229 e. The lowest BCUT2D eigenvalue weighted by molar-refractivity contribution is -0.123. The zero-order chi connectivity index (χ0) is 12.6. The molecule has 0 unspecified atom stereocenters. The quantitative estimate of drug-likeness (QED) is 0.820. The Hall–Kier alpha value is -1.84. The Morgan fingerprint density at radius 2 is 2.06 bits per heavy atom. The third-order valence-corrected chi connectivity index (χ3v) is 2.69. The van der Waals surface area contributed by atoms with Gasteiger partial charge in [0.2, 0.25) is 5.91 Å². The van der Waals surface area contributed by atoms with Crippen LogP contribution in [-0.2, 0) is 11.8 Å². The highest BCUT2D eigenvalue weighted by molar-refractivity contribution is 5.96. The second-order valence-corrected chi connectivity index (χ2v) is 5.25. The van der Waals surface area contributed by atoms with Gasteiger partial charge in [0.25, 0.3) is 0 Å². The number of carbonyl (C=O) groups excluding carboxylic acids is 1. The average molecular weight is 231 g/mol. The van der Waals surface area contributed by atoms with Crippen molar-refractivity contribution in [2.75, 3.05) is 5.32 Å². The number of nitrogens with zero attached hydrogens (tertiary/aromatic N) is 2. The Bertz CT molecular complexity index is 564. The van der Waals surface area contributed by atoms with Gasteiger partial charge >= 0.3 is 0 Å². The minimum Gasteiger partial charge on any atom is -0.326 e. The van der Waals surface area contributed by atoms with Crippen LogP contribution in [0.3, 0.4) is 0 Å². The Kier molecular flexibility index (Phi) is 2.65. The molecule has 0 spiro atoms. The van der Waals surface area contributed by atoms with Crippen molar-refractivity contribution in [1.29, 1.82) is 0 Å². The summed E-state index contributed by atoms with van der Waals surface area (Å²) < 4.78 is 1.79. The van der Waals surface area contributed by atoms with Gasteiger partial charge in [0.05, 0.1) is 11.7 Å². The zero-order valence-electron chi connectivity index (χ0n) is 10.6. The number of aromatic nitrogens is 2. The first-order valence-electron chi connectivity index (χ1n) is 5.61. The molecule has 1 amide bonds. The van der Waals surface area contributed by atoms with Crippen LogP contribution in [0.1, 0.15) is 20.8 Å². The van der Waals surface area contributed by atoms with Crippen LogP contribution in [0.2, 0.25) is 0 Å². The molecule has 2 rings (SSSR count). The van der Waals surface area contributed by atoms with E-state index in [2.05, 4.69) is 10.4 Å². The number of hydrogen-bond acceptors (Lipinski definition) is 2. The fourth-order valence-electron chi connectivity index (χ4n) is 1.54. The highest BCUT2D eigenvalue weighted by Crippen LogP contribution is 2.21. The molecule has 0 aliphatic rings. The molecule has 0 atom stereocenters. The summed E-state index contributed by atoms with van der Waals surface area (Å²) in [6, 6.07) is 5.79. The van der Waals surface area contributed by atoms with Crippen molar-refractivity contribution in [3.63, 3.8) is 0 Å².